The minimum absolute atomic E-state index is 0.0276. The summed E-state index contributed by atoms with van der Waals surface area (Å²) in [5.74, 6) is 0.475. The first kappa shape index (κ1) is 24.3. The molecule has 3 aromatic rings. The number of amides is 2. The van der Waals surface area contributed by atoms with Crippen molar-refractivity contribution in [1.82, 2.24) is 4.90 Å². The van der Waals surface area contributed by atoms with E-state index in [1.165, 1.54) is 22.3 Å². The number of aryl methyl sites for hydroxylation is 1. The molecule has 2 heterocycles. The zero-order chi connectivity index (χ0) is 25.1. The maximum Gasteiger partial charge on any atom is 0.326 e. The number of hydrogen-bond donors (Lipinski definition) is 1. The Morgan fingerprint density at radius 2 is 1.72 bits per heavy atom. The molecule has 2 aliphatic rings. The topological polar surface area (TPSA) is 35.6 Å². The Hall–Kier alpha value is -3.37. The van der Waals surface area contributed by atoms with Gasteiger partial charge in [0, 0.05) is 29.9 Å². The second kappa shape index (κ2) is 10.3. The molecule has 4 nitrogen and oxygen atoms in total. The van der Waals surface area contributed by atoms with Crippen LogP contribution in [0, 0.1) is 6.92 Å². The van der Waals surface area contributed by atoms with Gasteiger partial charge in [-0.05, 0) is 73.7 Å². The van der Waals surface area contributed by atoms with Crippen molar-refractivity contribution in [3.8, 4) is 0 Å². The summed E-state index contributed by atoms with van der Waals surface area (Å²) in [6.07, 6.45) is 6.60. The number of piperidine rings is 1. The van der Waals surface area contributed by atoms with Gasteiger partial charge in [-0.25, -0.2) is 4.79 Å². The van der Waals surface area contributed by atoms with E-state index in [1.54, 1.807) is 0 Å². The molecular formula is C32H37N3O. The summed E-state index contributed by atoms with van der Waals surface area (Å²) in [4.78, 5) is 17.9. The quantitative estimate of drug-likeness (QED) is 0.419. The van der Waals surface area contributed by atoms with Crippen LogP contribution in [0.15, 0.2) is 78.9 Å². The molecule has 4 heteroatoms. The third-order valence-electron chi connectivity index (χ3n) is 7.84. The van der Waals surface area contributed by atoms with Crippen molar-refractivity contribution < 1.29 is 4.79 Å². The monoisotopic (exact) mass is 479 g/mol. The Morgan fingerprint density at radius 3 is 2.42 bits per heavy atom. The number of carbonyl (C=O) groups excluding carboxylic acids is 1. The molecule has 0 unspecified atom stereocenters. The fraction of sp³-hybridized carbons (Fsp3) is 0.344. The van der Waals surface area contributed by atoms with E-state index in [-0.39, 0.29) is 11.4 Å². The van der Waals surface area contributed by atoms with Gasteiger partial charge in [-0.1, -0.05) is 86.2 Å². The number of nitrogens with zero attached hydrogens (tertiary/aromatic N) is 2. The number of carbonyl (C=O) groups is 1. The van der Waals surface area contributed by atoms with E-state index in [0.29, 0.717) is 5.92 Å². The predicted molar refractivity (Wildman–Crippen MR) is 151 cm³/mol. The van der Waals surface area contributed by atoms with Gasteiger partial charge in [-0.15, -0.1) is 0 Å². The minimum atomic E-state index is -0.0394. The predicted octanol–water partition coefficient (Wildman–Crippen LogP) is 7.22. The first-order chi connectivity index (χ1) is 17.4. The molecule has 1 fully saturated rings. The molecule has 3 aromatic carbocycles. The molecule has 1 saturated heterocycles. The van der Waals surface area contributed by atoms with Crippen molar-refractivity contribution >= 4 is 23.5 Å². The van der Waals surface area contributed by atoms with E-state index in [9.17, 15) is 4.79 Å². The summed E-state index contributed by atoms with van der Waals surface area (Å²) < 4.78 is 0. The number of benzene rings is 3. The summed E-state index contributed by atoms with van der Waals surface area (Å²) in [7, 11) is 0. The Bertz CT molecular complexity index is 1220. The fourth-order valence-corrected chi connectivity index (χ4v) is 5.60. The van der Waals surface area contributed by atoms with Crippen molar-refractivity contribution in [2.45, 2.75) is 44.9 Å². The van der Waals surface area contributed by atoms with Gasteiger partial charge >= 0.3 is 6.03 Å². The largest absolute Gasteiger partial charge is 0.326 e. The summed E-state index contributed by atoms with van der Waals surface area (Å²) in [6.45, 7) is 10.3. The lowest BCUT2D eigenvalue weighted by molar-refractivity contribution is 0.180. The molecule has 2 amide bonds. The van der Waals surface area contributed by atoms with E-state index in [0.717, 1.165) is 50.4 Å². The normalized spacial score (nSPS) is 17.2. The van der Waals surface area contributed by atoms with Crippen LogP contribution in [0.25, 0.3) is 6.08 Å². The van der Waals surface area contributed by atoms with Crippen LogP contribution in [0.3, 0.4) is 0 Å². The fourth-order valence-electron chi connectivity index (χ4n) is 5.60. The van der Waals surface area contributed by atoms with E-state index in [2.05, 4.69) is 104 Å². The van der Waals surface area contributed by atoms with Crippen molar-refractivity contribution in [2.24, 2.45) is 0 Å². The number of fused-ring (bicyclic) bond motifs is 2. The maximum absolute atomic E-state index is 13.4. The van der Waals surface area contributed by atoms with Gasteiger partial charge in [0.05, 0.1) is 0 Å². The van der Waals surface area contributed by atoms with Gasteiger partial charge in [-0.2, -0.15) is 0 Å². The van der Waals surface area contributed by atoms with Crippen LogP contribution in [0.2, 0.25) is 0 Å². The van der Waals surface area contributed by atoms with Gasteiger partial charge in [0.1, 0.15) is 0 Å². The van der Waals surface area contributed by atoms with E-state index in [4.69, 9.17) is 0 Å². The van der Waals surface area contributed by atoms with Gasteiger partial charge < -0.3 is 5.32 Å². The molecule has 0 aliphatic carbocycles. The summed E-state index contributed by atoms with van der Waals surface area (Å²) in [6, 6.07) is 25.2. The van der Waals surface area contributed by atoms with Gasteiger partial charge in [0.2, 0.25) is 0 Å². The Morgan fingerprint density at radius 1 is 1.00 bits per heavy atom. The number of anilines is 2. The highest BCUT2D eigenvalue weighted by Gasteiger charge is 2.46. The highest BCUT2D eigenvalue weighted by Crippen LogP contribution is 2.47. The molecule has 0 radical (unpaired) electrons. The van der Waals surface area contributed by atoms with Crippen LogP contribution < -0.4 is 10.2 Å². The molecule has 36 heavy (non-hydrogen) atoms. The molecular weight excluding hydrogens is 442 g/mol. The van der Waals surface area contributed by atoms with Crippen LogP contribution in [0.5, 0.6) is 0 Å². The van der Waals surface area contributed by atoms with Gasteiger partial charge in [0.15, 0.2) is 0 Å². The van der Waals surface area contributed by atoms with Crippen molar-refractivity contribution in [3.05, 3.63) is 101 Å². The Kier molecular flexibility index (Phi) is 6.97. The lowest BCUT2D eigenvalue weighted by Gasteiger charge is -2.39. The average molecular weight is 480 g/mol. The van der Waals surface area contributed by atoms with E-state index in [1.807, 2.05) is 17.0 Å². The van der Waals surface area contributed by atoms with Crippen LogP contribution in [-0.2, 0) is 5.41 Å². The molecule has 2 aliphatic heterocycles. The average Bonchev–Trinajstić information content (AvgIpc) is 3.19. The summed E-state index contributed by atoms with van der Waals surface area (Å²) >= 11 is 0. The second-order valence-electron chi connectivity index (χ2n) is 10.7. The lowest BCUT2D eigenvalue weighted by Crippen LogP contribution is -2.46. The standard InChI is InChI=1S/C32H37N3O/c1-24(2)27-12-14-28(15-13-27)33-31(36)35-23-32(29-22-25(3)11-16-30(29)35)17-20-34(21-18-32)19-7-10-26-8-5-4-6-9-26/h4-16,22,24H,17-21,23H2,1-3H3,(H,33,36). The second-order valence-corrected chi connectivity index (χ2v) is 10.7. The molecule has 0 saturated carbocycles. The summed E-state index contributed by atoms with van der Waals surface area (Å²) in [5.41, 5.74) is 7.05. The number of hydrogen-bond acceptors (Lipinski definition) is 2. The molecule has 1 N–H and O–H groups in total. The lowest BCUT2D eigenvalue weighted by atomic mass is 9.74. The SMILES string of the molecule is Cc1ccc2c(c1)C1(CCN(CC=Cc3ccccc3)CC1)CN2C(=O)Nc1ccc(C(C)C)cc1. The minimum Gasteiger partial charge on any atom is -0.308 e. The van der Waals surface area contributed by atoms with Gasteiger partial charge in [-0.3, -0.25) is 9.80 Å². The molecule has 1 spiro atoms. The smallest absolute Gasteiger partial charge is 0.308 e. The molecule has 0 aromatic heterocycles. The molecule has 0 atom stereocenters. The molecule has 186 valence electrons. The highest BCUT2D eigenvalue weighted by atomic mass is 16.2. The molecule has 0 bridgehead atoms. The van der Waals surface area contributed by atoms with E-state index >= 15 is 0 Å². The summed E-state index contributed by atoms with van der Waals surface area (Å²) in [5, 5.41) is 3.15. The third kappa shape index (κ3) is 5.10. The third-order valence-corrected chi connectivity index (χ3v) is 7.84. The zero-order valence-corrected chi connectivity index (χ0v) is 21.7. The zero-order valence-electron chi connectivity index (χ0n) is 21.7. The Labute approximate surface area is 215 Å². The highest BCUT2D eigenvalue weighted by molar-refractivity contribution is 6.03. The maximum atomic E-state index is 13.4. The van der Waals surface area contributed by atoms with Crippen LogP contribution in [-0.4, -0.2) is 37.1 Å². The van der Waals surface area contributed by atoms with Crippen LogP contribution in [0.4, 0.5) is 16.2 Å². The number of rotatable bonds is 5. The number of urea groups is 1. The number of nitrogens with one attached hydrogen (secondary N) is 1. The molecule has 5 rings (SSSR count). The van der Waals surface area contributed by atoms with Crippen LogP contribution >= 0.6 is 0 Å². The Balaban J connectivity index is 1.28. The first-order valence-corrected chi connectivity index (χ1v) is 13.2. The first-order valence-electron chi connectivity index (χ1n) is 13.2. The van der Waals surface area contributed by atoms with Crippen LogP contribution in [0.1, 0.15) is 54.9 Å². The van der Waals surface area contributed by atoms with Crippen molar-refractivity contribution in [3.63, 3.8) is 0 Å². The number of likely N-dealkylation sites (tertiary alicyclic amines) is 1. The van der Waals surface area contributed by atoms with Crippen molar-refractivity contribution in [1.29, 1.82) is 0 Å². The van der Waals surface area contributed by atoms with Crippen molar-refractivity contribution in [2.75, 3.05) is 36.4 Å². The van der Waals surface area contributed by atoms with E-state index < -0.39 is 0 Å². The van der Waals surface area contributed by atoms with Gasteiger partial charge in [0.25, 0.3) is 0 Å².